The number of nitrogens with one attached hydrogen (secondary N) is 2. The van der Waals surface area contributed by atoms with Crippen molar-refractivity contribution in [1.82, 2.24) is 10.6 Å². The predicted octanol–water partition coefficient (Wildman–Crippen LogP) is 1.65. The Balaban J connectivity index is 1.97. The van der Waals surface area contributed by atoms with E-state index in [0.29, 0.717) is 6.42 Å². The van der Waals surface area contributed by atoms with E-state index in [1.165, 1.54) is 6.07 Å². The van der Waals surface area contributed by atoms with Gasteiger partial charge in [0.1, 0.15) is 17.7 Å². The zero-order valence-corrected chi connectivity index (χ0v) is 12.0. The number of halogens is 2. The third-order valence-corrected chi connectivity index (χ3v) is 3.91. The van der Waals surface area contributed by atoms with Gasteiger partial charge in [0, 0.05) is 6.54 Å². The van der Waals surface area contributed by atoms with E-state index in [2.05, 4.69) is 10.6 Å². The van der Waals surface area contributed by atoms with Gasteiger partial charge in [0.2, 0.25) is 5.91 Å². The summed E-state index contributed by atoms with van der Waals surface area (Å²) in [5.74, 6) is -1.91. The van der Waals surface area contributed by atoms with Gasteiger partial charge in [0.25, 0.3) is 0 Å². The zero-order valence-electron chi connectivity index (χ0n) is 12.0. The molecule has 1 aliphatic rings. The van der Waals surface area contributed by atoms with Crippen molar-refractivity contribution in [2.45, 2.75) is 37.8 Å². The van der Waals surface area contributed by atoms with E-state index >= 15 is 0 Å². The van der Waals surface area contributed by atoms with Gasteiger partial charge in [-0.1, -0.05) is 6.07 Å². The van der Waals surface area contributed by atoms with Crippen LogP contribution in [0.1, 0.15) is 37.9 Å². The molecule has 1 fully saturated rings. The molecule has 0 bridgehead atoms. The van der Waals surface area contributed by atoms with Crippen LogP contribution in [0, 0.1) is 11.6 Å². The van der Waals surface area contributed by atoms with E-state index in [0.717, 1.165) is 31.5 Å². The maximum atomic E-state index is 13.5. The van der Waals surface area contributed by atoms with Crippen LogP contribution in [0.25, 0.3) is 0 Å². The molecule has 0 spiro atoms. The van der Waals surface area contributed by atoms with Gasteiger partial charge in [-0.05, 0) is 44.9 Å². The Bertz CT molecular complexity index is 496. The summed E-state index contributed by atoms with van der Waals surface area (Å²) in [6, 6.07) is 3.38. The van der Waals surface area contributed by atoms with Crippen molar-refractivity contribution in [2.75, 3.05) is 13.1 Å². The Morgan fingerprint density at radius 2 is 2.10 bits per heavy atom. The normalized spacial score (nSPS) is 23.6. The van der Waals surface area contributed by atoms with Gasteiger partial charge in [0.05, 0.1) is 11.1 Å². The molecule has 1 aliphatic heterocycles. The molecular weight excluding hydrogens is 278 g/mol. The summed E-state index contributed by atoms with van der Waals surface area (Å²) >= 11 is 0. The number of aliphatic hydroxyl groups is 1. The first-order valence-electron chi connectivity index (χ1n) is 7.09. The molecule has 6 heteroatoms. The number of piperidine rings is 1. The number of aliphatic hydroxyl groups excluding tert-OH is 1. The second-order valence-electron chi connectivity index (χ2n) is 5.58. The lowest BCUT2D eigenvalue weighted by molar-refractivity contribution is -0.128. The predicted molar refractivity (Wildman–Crippen MR) is 74.6 cm³/mol. The summed E-state index contributed by atoms with van der Waals surface area (Å²) in [4.78, 5) is 12.2. The van der Waals surface area contributed by atoms with Crippen LogP contribution in [0.2, 0.25) is 0 Å². The van der Waals surface area contributed by atoms with Crippen LogP contribution in [-0.4, -0.2) is 29.6 Å². The lowest BCUT2D eigenvalue weighted by atomic mass is 9.90. The molecule has 1 amide bonds. The van der Waals surface area contributed by atoms with Crippen LogP contribution in [0.3, 0.4) is 0 Å². The highest BCUT2D eigenvalue weighted by Crippen LogP contribution is 2.21. The zero-order chi connectivity index (χ0) is 15.5. The fourth-order valence-corrected chi connectivity index (χ4v) is 2.57. The number of benzene rings is 1. The van der Waals surface area contributed by atoms with Crippen molar-refractivity contribution >= 4 is 5.91 Å². The van der Waals surface area contributed by atoms with E-state index in [1.807, 2.05) is 0 Å². The van der Waals surface area contributed by atoms with Crippen molar-refractivity contribution in [3.05, 3.63) is 35.4 Å². The summed E-state index contributed by atoms with van der Waals surface area (Å²) in [6.07, 6.45) is 1.25. The van der Waals surface area contributed by atoms with Gasteiger partial charge in [0.15, 0.2) is 0 Å². The number of carbonyl (C=O) groups excluding carboxylic acids is 1. The maximum absolute atomic E-state index is 13.5. The second kappa shape index (κ2) is 6.49. The number of hydrogen-bond donors (Lipinski definition) is 3. The van der Waals surface area contributed by atoms with Gasteiger partial charge in [-0.2, -0.15) is 0 Å². The van der Waals surface area contributed by atoms with Crippen molar-refractivity contribution in [2.24, 2.45) is 0 Å². The number of amides is 1. The molecule has 0 radical (unpaired) electrons. The maximum Gasteiger partial charge on any atom is 0.240 e. The SMILES string of the molecule is CC1(C(=O)NCC(O)c2c(F)cccc2F)CCCCN1. The van der Waals surface area contributed by atoms with Crippen molar-refractivity contribution in [1.29, 1.82) is 0 Å². The summed E-state index contributed by atoms with van der Waals surface area (Å²) in [7, 11) is 0. The molecule has 2 rings (SSSR count). The summed E-state index contributed by atoms with van der Waals surface area (Å²) in [5.41, 5.74) is -1.11. The number of carbonyl (C=O) groups is 1. The van der Waals surface area contributed by atoms with Crippen LogP contribution in [0.15, 0.2) is 18.2 Å². The highest BCUT2D eigenvalue weighted by Gasteiger charge is 2.34. The molecule has 1 heterocycles. The van der Waals surface area contributed by atoms with E-state index in [1.54, 1.807) is 6.92 Å². The quantitative estimate of drug-likeness (QED) is 0.792. The molecule has 0 aromatic heterocycles. The summed E-state index contributed by atoms with van der Waals surface area (Å²) in [5, 5.41) is 15.6. The molecule has 2 unspecified atom stereocenters. The monoisotopic (exact) mass is 298 g/mol. The largest absolute Gasteiger partial charge is 0.386 e. The van der Waals surface area contributed by atoms with Crippen molar-refractivity contribution in [3.8, 4) is 0 Å². The smallest absolute Gasteiger partial charge is 0.240 e. The first-order valence-corrected chi connectivity index (χ1v) is 7.09. The molecule has 4 nitrogen and oxygen atoms in total. The van der Waals surface area contributed by atoms with Gasteiger partial charge in [-0.15, -0.1) is 0 Å². The fraction of sp³-hybridized carbons (Fsp3) is 0.533. The molecule has 0 aliphatic carbocycles. The molecule has 21 heavy (non-hydrogen) atoms. The summed E-state index contributed by atoms with van der Waals surface area (Å²) < 4.78 is 27.1. The van der Waals surface area contributed by atoms with Gasteiger partial charge >= 0.3 is 0 Å². The molecule has 3 N–H and O–H groups in total. The molecule has 116 valence electrons. The highest BCUT2D eigenvalue weighted by molar-refractivity contribution is 5.86. The molecule has 1 aromatic carbocycles. The van der Waals surface area contributed by atoms with Gasteiger partial charge < -0.3 is 15.7 Å². The fourth-order valence-electron chi connectivity index (χ4n) is 2.57. The Morgan fingerprint density at radius 1 is 1.43 bits per heavy atom. The Morgan fingerprint density at radius 3 is 2.67 bits per heavy atom. The molecular formula is C15H20F2N2O2. The lowest BCUT2D eigenvalue weighted by Gasteiger charge is -2.33. The number of rotatable bonds is 4. The minimum absolute atomic E-state index is 0.228. The Labute approximate surface area is 122 Å². The van der Waals surface area contributed by atoms with E-state index in [4.69, 9.17) is 0 Å². The van der Waals surface area contributed by atoms with Crippen LogP contribution >= 0.6 is 0 Å². The van der Waals surface area contributed by atoms with Crippen LogP contribution < -0.4 is 10.6 Å². The van der Waals surface area contributed by atoms with Crippen molar-refractivity contribution < 1.29 is 18.7 Å². The third kappa shape index (κ3) is 3.57. The van der Waals surface area contributed by atoms with Crippen molar-refractivity contribution in [3.63, 3.8) is 0 Å². The minimum atomic E-state index is -1.41. The standard InChI is InChI=1S/C15H20F2N2O2/c1-15(7-2-3-8-19-15)14(21)18-9-12(20)13-10(16)5-4-6-11(13)17/h4-6,12,19-20H,2-3,7-9H2,1H3,(H,18,21). The average Bonchev–Trinajstić information content (AvgIpc) is 2.45. The first-order chi connectivity index (χ1) is 9.94. The minimum Gasteiger partial charge on any atom is -0.386 e. The summed E-state index contributed by atoms with van der Waals surface area (Å²) in [6.45, 7) is 2.32. The van der Waals surface area contributed by atoms with Gasteiger partial charge in [-0.25, -0.2) is 8.78 Å². The molecule has 1 saturated heterocycles. The lowest BCUT2D eigenvalue weighted by Crippen LogP contribution is -2.57. The first kappa shape index (κ1) is 15.9. The highest BCUT2D eigenvalue weighted by atomic mass is 19.1. The van der Waals surface area contributed by atoms with E-state index in [9.17, 15) is 18.7 Å². The van der Waals surface area contributed by atoms with E-state index in [-0.39, 0.29) is 12.5 Å². The molecule has 0 saturated carbocycles. The van der Waals surface area contributed by atoms with E-state index < -0.39 is 28.8 Å². The van der Waals surface area contributed by atoms with Crippen LogP contribution in [0.5, 0.6) is 0 Å². The van der Waals surface area contributed by atoms with Crippen LogP contribution in [0.4, 0.5) is 8.78 Å². The molecule has 2 atom stereocenters. The Hall–Kier alpha value is -1.53. The number of hydrogen-bond acceptors (Lipinski definition) is 3. The van der Waals surface area contributed by atoms with Gasteiger partial charge in [-0.3, -0.25) is 4.79 Å². The topological polar surface area (TPSA) is 61.4 Å². The molecule has 1 aromatic rings. The van der Waals surface area contributed by atoms with Crippen LogP contribution in [-0.2, 0) is 4.79 Å². The second-order valence-corrected chi connectivity index (χ2v) is 5.58. The average molecular weight is 298 g/mol. The third-order valence-electron chi connectivity index (χ3n) is 3.91. The Kier molecular flexibility index (Phi) is 4.90.